The lowest BCUT2D eigenvalue weighted by atomic mass is 10.4. The van der Waals surface area contributed by atoms with Gasteiger partial charge in [-0.2, -0.15) is 0 Å². The number of hydrogen-bond donors (Lipinski definition) is 3. The number of alkyl carbamates (subject to hydrolysis) is 1. The summed E-state index contributed by atoms with van der Waals surface area (Å²) in [6.45, 7) is 0.715. The van der Waals surface area contributed by atoms with E-state index in [-0.39, 0.29) is 0 Å². The molecular weight excluding hydrogens is 164 g/mol. The summed E-state index contributed by atoms with van der Waals surface area (Å²) in [7, 11) is 1.27. The third-order valence-corrected chi connectivity index (χ3v) is 1.08. The summed E-state index contributed by atoms with van der Waals surface area (Å²) >= 11 is 0. The molecular formula is C6H12N2O4. The van der Waals surface area contributed by atoms with Crippen LogP contribution in [0.2, 0.25) is 0 Å². The summed E-state index contributed by atoms with van der Waals surface area (Å²) < 4.78 is 4.29. The highest BCUT2D eigenvalue weighted by atomic mass is 16.5. The molecule has 0 saturated carbocycles. The fraction of sp³-hybridized carbons (Fsp3) is 0.667. The predicted octanol–water partition coefficient (Wildman–Crippen LogP) is 0.0001000. The van der Waals surface area contributed by atoms with Gasteiger partial charge in [-0.15, -0.1) is 0 Å². The number of methoxy groups -OCH3 is 1. The normalized spacial score (nSPS) is 8.75. The zero-order valence-corrected chi connectivity index (χ0v) is 6.79. The number of nitrogens with one attached hydrogen (secondary N) is 2. The average molecular weight is 176 g/mol. The van der Waals surface area contributed by atoms with Crippen molar-refractivity contribution >= 4 is 12.2 Å². The molecule has 70 valence electrons. The van der Waals surface area contributed by atoms with Crippen LogP contribution in [0.3, 0.4) is 0 Å². The van der Waals surface area contributed by atoms with E-state index in [0.717, 1.165) is 0 Å². The Balaban J connectivity index is 3.11. The zero-order chi connectivity index (χ0) is 9.40. The van der Waals surface area contributed by atoms with Gasteiger partial charge in [-0.25, -0.2) is 9.59 Å². The number of ether oxygens (including phenoxy) is 1. The molecule has 0 bridgehead atoms. The minimum absolute atomic E-state index is 0.319. The standard InChI is InChI=1S/C6H12N2O4/c1-12-6(11)8-4-2-3-7-5(9)10/h7H,2-4H2,1H3,(H,8,11)(H,9,10). The first kappa shape index (κ1) is 10.5. The largest absolute Gasteiger partial charge is 0.465 e. The summed E-state index contributed by atoms with van der Waals surface area (Å²) in [5.74, 6) is 0. The number of carbonyl (C=O) groups is 2. The van der Waals surface area contributed by atoms with Gasteiger partial charge < -0.3 is 20.5 Å². The van der Waals surface area contributed by atoms with Crippen molar-refractivity contribution in [1.82, 2.24) is 10.6 Å². The summed E-state index contributed by atoms with van der Waals surface area (Å²) in [5.41, 5.74) is 0. The molecule has 0 aromatic carbocycles. The summed E-state index contributed by atoms with van der Waals surface area (Å²) in [6, 6.07) is 0. The third kappa shape index (κ3) is 6.66. The van der Waals surface area contributed by atoms with Gasteiger partial charge in [0.05, 0.1) is 7.11 Å². The first-order chi connectivity index (χ1) is 5.66. The molecule has 0 saturated heterocycles. The van der Waals surface area contributed by atoms with Crippen LogP contribution < -0.4 is 10.6 Å². The molecule has 0 aliphatic heterocycles. The second-order valence-electron chi connectivity index (χ2n) is 2.00. The molecule has 0 aliphatic carbocycles. The van der Waals surface area contributed by atoms with Crippen molar-refractivity contribution in [2.24, 2.45) is 0 Å². The van der Waals surface area contributed by atoms with Crippen molar-refractivity contribution in [3.05, 3.63) is 0 Å². The highest BCUT2D eigenvalue weighted by Gasteiger charge is 1.96. The molecule has 0 rings (SSSR count). The van der Waals surface area contributed by atoms with Gasteiger partial charge in [-0.1, -0.05) is 0 Å². The molecule has 0 unspecified atom stereocenters. The Morgan fingerprint density at radius 3 is 2.42 bits per heavy atom. The lowest BCUT2D eigenvalue weighted by Gasteiger charge is -2.02. The SMILES string of the molecule is COC(=O)NCCCNC(=O)O. The van der Waals surface area contributed by atoms with Crippen molar-refractivity contribution < 1.29 is 19.4 Å². The van der Waals surface area contributed by atoms with E-state index < -0.39 is 12.2 Å². The lowest BCUT2D eigenvalue weighted by molar-refractivity contribution is 0.171. The van der Waals surface area contributed by atoms with E-state index in [0.29, 0.717) is 19.5 Å². The first-order valence-electron chi connectivity index (χ1n) is 3.45. The van der Waals surface area contributed by atoms with Gasteiger partial charge in [0, 0.05) is 13.1 Å². The molecule has 0 spiro atoms. The van der Waals surface area contributed by atoms with E-state index in [4.69, 9.17) is 5.11 Å². The monoisotopic (exact) mass is 176 g/mol. The first-order valence-corrected chi connectivity index (χ1v) is 3.45. The average Bonchev–Trinajstić information content (AvgIpc) is 2.03. The minimum Gasteiger partial charge on any atom is -0.465 e. The van der Waals surface area contributed by atoms with E-state index >= 15 is 0 Å². The molecule has 0 radical (unpaired) electrons. The molecule has 0 heterocycles. The molecule has 6 nitrogen and oxygen atoms in total. The van der Waals surface area contributed by atoms with Gasteiger partial charge in [0.15, 0.2) is 0 Å². The van der Waals surface area contributed by atoms with Crippen molar-refractivity contribution in [2.45, 2.75) is 6.42 Å². The Morgan fingerprint density at radius 2 is 1.92 bits per heavy atom. The minimum atomic E-state index is -1.06. The van der Waals surface area contributed by atoms with Crippen LogP contribution >= 0.6 is 0 Å². The predicted molar refractivity (Wildman–Crippen MR) is 41.1 cm³/mol. The van der Waals surface area contributed by atoms with Crippen LogP contribution in [0.25, 0.3) is 0 Å². The summed E-state index contributed by atoms with van der Waals surface area (Å²) in [5, 5.41) is 12.7. The topological polar surface area (TPSA) is 87.7 Å². The quantitative estimate of drug-likeness (QED) is 0.526. The van der Waals surface area contributed by atoms with E-state index in [1.54, 1.807) is 0 Å². The van der Waals surface area contributed by atoms with Gasteiger partial charge in [0.25, 0.3) is 0 Å². The fourth-order valence-corrected chi connectivity index (χ4v) is 0.546. The van der Waals surface area contributed by atoms with E-state index in [9.17, 15) is 9.59 Å². The zero-order valence-electron chi connectivity index (χ0n) is 6.79. The number of rotatable bonds is 4. The third-order valence-electron chi connectivity index (χ3n) is 1.08. The maximum atomic E-state index is 10.4. The van der Waals surface area contributed by atoms with Crippen LogP contribution in [0.15, 0.2) is 0 Å². The van der Waals surface area contributed by atoms with Crippen LogP contribution in [0.4, 0.5) is 9.59 Å². The van der Waals surface area contributed by atoms with Crippen molar-refractivity contribution in [3.63, 3.8) is 0 Å². The Labute approximate surface area is 69.9 Å². The number of carbonyl (C=O) groups excluding carboxylic acids is 1. The van der Waals surface area contributed by atoms with Crippen molar-refractivity contribution in [2.75, 3.05) is 20.2 Å². The maximum Gasteiger partial charge on any atom is 0.406 e. The number of carboxylic acid groups (broad SMARTS) is 1. The summed E-state index contributed by atoms with van der Waals surface area (Å²) in [6.07, 6.45) is -1.03. The highest BCUT2D eigenvalue weighted by molar-refractivity contribution is 5.66. The van der Waals surface area contributed by atoms with Gasteiger partial charge in [-0.3, -0.25) is 0 Å². The van der Waals surface area contributed by atoms with Gasteiger partial charge >= 0.3 is 12.2 Å². The molecule has 12 heavy (non-hydrogen) atoms. The molecule has 0 atom stereocenters. The smallest absolute Gasteiger partial charge is 0.406 e. The van der Waals surface area contributed by atoms with Crippen LogP contribution in [0, 0.1) is 0 Å². The Hall–Kier alpha value is -1.46. The Morgan fingerprint density at radius 1 is 1.33 bits per heavy atom. The maximum absolute atomic E-state index is 10.4. The van der Waals surface area contributed by atoms with Gasteiger partial charge in [0.1, 0.15) is 0 Å². The molecule has 0 aliphatic rings. The highest BCUT2D eigenvalue weighted by Crippen LogP contribution is 1.76. The molecule has 2 amide bonds. The molecule has 6 heteroatoms. The van der Waals surface area contributed by atoms with Crippen LogP contribution in [0.1, 0.15) is 6.42 Å². The van der Waals surface area contributed by atoms with Crippen LogP contribution in [0.5, 0.6) is 0 Å². The van der Waals surface area contributed by atoms with Crippen molar-refractivity contribution in [1.29, 1.82) is 0 Å². The van der Waals surface area contributed by atoms with Gasteiger partial charge in [0.2, 0.25) is 0 Å². The second-order valence-corrected chi connectivity index (χ2v) is 2.00. The molecule has 3 N–H and O–H groups in total. The Kier molecular flexibility index (Phi) is 5.50. The Bertz CT molecular complexity index is 160. The second kappa shape index (κ2) is 6.26. The molecule has 0 aromatic heterocycles. The molecule has 0 aromatic rings. The lowest BCUT2D eigenvalue weighted by Crippen LogP contribution is -2.28. The van der Waals surface area contributed by atoms with Gasteiger partial charge in [-0.05, 0) is 6.42 Å². The summed E-state index contributed by atoms with van der Waals surface area (Å²) in [4.78, 5) is 20.4. The molecule has 0 fully saturated rings. The van der Waals surface area contributed by atoms with E-state index in [1.165, 1.54) is 7.11 Å². The van der Waals surface area contributed by atoms with Crippen molar-refractivity contribution in [3.8, 4) is 0 Å². The van der Waals surface area contributed by atoms with Crippen LogP contribution in [-0.2, 0) is 4.74 Å². The van der Waals surface area contributed by atoms with Crippen LogP contribution in [-0.4, -0.2) is 37.5 Å². The van der Waals surface area contributed by atoms with E-state index in [2.05, 4.69) is 15.4 Å². The number of amides is 2. The number of hydrogen-bond acceptors (Lipinski definition) is 3. The fourth-order valence-electron chi connectivity index (χ4n) is 0.546. The van der Waals surface area contributed by atoms with E-state index in [1.807, 2.05) is 0 Å².